The topological polar surface area (TPSA) is 79.9 Å². The van der Waals surface area contributed by atoms with Gasteiger partial charge in [0.25, 0.3) is 5.91 Å². The molecule has 1 aliphatic heterocycles. The summed E-state index contributed by atoms with van der Waals surface area (Å²) in [6, 6.07) is 12.8. The second kappa shape index (κ2) is 11.3. The molecule has 1 unspecified atom stereocenters. The highest BCUT2D eigenvalue weighted by Gasteiger charge is 2.20. The Morgan fingerprint density at radius 1 is 1.03 bits per heavy atom. The summed E-state index contributed by atoms with van der Waals surface area (Å²) in [5, 5.41) is 5.86. The Bertz CT molecular complexity index is 997. The molecule has 4 rings (SSSR count). The lowest BCUT2D eigenvalue weighted by Gasteiger charge is -2.19. The average molecular weight is 466 g/mol. The van der Waals surface area contributed by atoms with Crippen LogP contribution in [0.4, 0.5) is 11.4 Å². The molecule has 2 aliphatic rings. The van der Waals surface area contributed by atoms with E-state index >= 15 is 0 Å². The van der Waals surface area contributed by atoms with Gasteiger partial charge in [-0.15, -0.1) is 0 Å². The van der Waals surface area contributed by atoms with Gasteiger partial charge in [-0.1, -0.05) is 6.07 Å². The molecule has 1 saturated heterocycles. The van der Waals surface area contributed by atoms with Crippen molar-refractivity contribution in [3.05, 3.63) is 48.0 Å². The first-order chi connectivity index (χ1) is 16.5. The van der Waals surface area contributed by atoms with E-state index in [0.29, 0.717) is 17.1 Å². The van der Waals surface area contributed by atoms with E-state index in [1.165, 1.54) is 25.7 Å². The van der Waals surface area contributed by atoms with Gasteiger partial charge in [-0.05, 0) is 81.8 Å². The molecule has 2 fully saturated rings. The molecule has 2 N–H and O–H groups in total. The summed E-state index contributed by atoms with van der Waals surface area (Å²) in [5.74, 6) is 0.823. The molecule has 2 aromatic carbocycles. The van der Waals surface area contributed by atoms with Gasteiger partial charge in [-0.3, -0.25) is 9.59 Å². The lowest BCUT2D eigenvalue weighted by atomic mass is 10.1. The van der Waals surface area contributed by atoms with E-state index < -0.39 is 0 Å². The van der Waals surface area contributed by atoms with Crippen molar-refractivity contribution < 1.29 is 19.1 Å². The molecule has 7 nitrogen and oxygen atoms in total. The SMILES string of the molecule is COc1cc(C(=O)NC(C)CC(=O)Nc2cccc(N3CCCC3)c2)ccc1OC1CCCC1. The Hall–Kier alpha value is -3.22. The van der Waals surface area contributed by atoms with Crippen LogP contribution in [-0.2, 0) is 4.79 Å². The number of anilines is 2. The number of carbonyl (C=O) groups excluding carboxylic acids is 2. The van der Waals surface area contributed by atoms with Gasteiger partial charge in [0.2, 0.25) is 5.91 Å². The smallest absolute Gasteiger partial charge is 0.251 e. The lowest BCUT2D eigenvalue weighted by Crippen LogP contribution is -2.35. The van der Waals surface area contributed by atoms with Gasteiger partial charge in [-0.25, -0.2) is 0 Å². The second-order valence-corrected chi connectivity index (χ2v) is 9.26. The summed E-state index contributed by atoms with van der Waals surface area (Å²) in [7, 11) is 1.57. The highest BCUT2D eigenvalue weighted by Crippen LogP contribution is 2.32. The summed E-state index contributed by atoms with van der Waals surface area (Å²) < 4.78 is 11.5. The Morgan fingerprint density at radius 2 is 1.79 bits per heavy atom. The first-order valence-corrected chi connectivity index (χ1v) is 12.3. The fraction of sp³-hybridized carbons (Fsp3) is 0.481. The average Bonchev–Trinajstić information content (AvgIpc) is 3.54. The zero-order valence-electron chi connectivity index (χ0n) is 20.1. The number of amides is 2. The minimum atomic E-state index is -0.324. The largest absolute Gasteiger partial charge is 0.493 e. The van der Waals surface area contributed by atoms with Crippen LogP contribution in [0.3, 0.4) is 0 Å². The molecule has 1 aliphatic carbocycles. The number of rotatable bonds is 9. The normalized spacial score (nSPS) is 16.8. The number of hydrogen-bond acceptors (Lipinski definition) is 5. The van der Waals surface area contributed by atoms with E-state index in [-0.39, 0.29) is 30.4 Å². The number of methoxy groups -OCH3 is 1. The molecule has 1 heterocycles. The van der Waals surface area contributed by atoms with Crippen molar-refractivity contribution >= 4 is 23.2 Å². The van der Waals surface area contributed by atoms with Crippen molar-refractivity contribution in [3.8, 4) is 11.5 Å². The van der Waals surface area contributed by atoms with E-state index in [9.17, 15) is 9.59 Å². The number of nitrogens with zero attached hydrogens (tertiary/aromatic N) is 1. The fourth-order valence-corrected chi connectivity index (χ4v) is 4.70. The molecule has 34 heavy (non-hydrogen) atoms. The van der Waals surface area contributed by atoms with Gasteiger partial charge in [0.15, 0.2) is 11.5 Å². The number of benzene rings is 2. The molecule has 0 spiro atoms. The summed E-state index contributed by atoms with van der Waals surface area (Å²) in [6.45, 7) is 3.94. The molecular weight excluding hydrogens is 430 g/mol. The van der Waals surface area contributed by atoms with Crippen LogP contribution < -0.4 is 25.0 Å². The number of hydrogen-bond donors (Lipinski definition) is 2. The Morgan fingerprint density at radius 3 is 2.53 bits per heavy atom. The van der Waals surface area contributed by atoms with E-state index in [4.69, 9.17) is 9.47 Å². The molecule has 182 valence electrons. The zero-order valence-corrected chi connectivity index (χ0v) is 20.1. The van der Waals surface area contributed by atoms with Crippen LogP contribution in [0.25, 0.3) is 0 Å². The first-order valence-electron chi connectivity index (χ1n) is 12.3. The third-order valence-electron chi connectivity index (χ3n) is 6.49. The number of carbonyl (C=O) groups is 2. The van der Waals surface area contributed by atoms with Crippen molar-refractivity contribution in [2.75, 3.05) is 30.4 Å². The van der Waals surface area contributed by atoms with Crippen LogP contribution in [0.1, 0.15) is 62.2 Å². The van der Waals surface area contributed by atoms with Gasteiger partial charge >= 0.3 is 0 Å². The molecule has 7 heteroatoms. The molecule has 0 aromatic heterocycles. The summed E-state index contributed by atoms with van der Waals surface area (Å²) in [6.07, 6.45) is 7.27. The molecule has 0 bridgehead atoms. The second-order valence-electron chi connectivity index (χ2n) is 9.26. The number of ether oxygens (including phenoxy) is 2. The van der Waals surface area contributed by atoms with Crippen LogP contribution in [0.2, 0.25) is 0 Å². The third-order valence-corrected chi connectivity index (χ3v) is 6.49. The minimum Gasteiger partial charge on any atom is -0.493 e. The van der Waals surface area contributed by atoms with Crippen LogP contribution in [0, 0.1) is 0 Å². The summed E-state index contributed by atoms with van der Waals surface area (Å²) in [4.78, 5) is 27.7. The van der Waals surface area contributed by atoms with E-state index in [1.807, 2.05) is 25.1 Å². The molecular formula is C27H35N3O4. The standard InChI is InChI=1S/C27H35N3O4/c1-19(16-26(31)29-21-8-7-9-22(18-21)30-14-5-6-15-30)28-27(32)20-12-13-24(25(17-20)33-2)34-23-10-3-4-11-23/h7-9,12-13,17-19,23H,3-6,10-11,14-16H2,1-2H3,(H,28,32)(H,29,31). The molecule has 2 amide bonds. The third kappa shape index (κ3) is 6.22. The van der Waals surface area contributed by atoms with E-state index in [1.54, 1.807) is 25.3 Å². The maximum absolute atomic E-state index is 12.8. The first kappa shape index (κ1) is 23.9. The Kier molecular flexibility index (Phi) is 7.93. The number of nitrogens with one attached hydrogen (secondary N) is 2. The zero-order chi connectivity index (χ0) is 23.9. The van der Waals surface area contributed by atoms with Crippen molar-refractivity contribution in [3.63, 3.8) is 0 Å². The minimum absolute atomic E-state index is 0.135. The van der Waals surface area contributed by atoms with Crippen LogP contribution in [0.5, 0.6) is 11.5 Å². The van der Waals surface area contributed by atoms with Gasteiger partial charge in [0.1, 0.15) is 0 Å². The van der Waals surface area contributed by atoms with E-state index in [2.05, 4.69) is 21.6 Å². The highest BCUT2D eigenvalue weighted by molar-refractivity contribution is 5.96. The van der Waals surface area contributed by atoms with Crippen LogP contribution >= 0.6 is 0 Å². The molecule has 1 atom stereocenters. The Balaban J connectivity index is 1.30. The summed E-state index contributed by atoms with van der Waals surface area (Å²) in [5.41, 5.74) is 2.38. The maximum Gasteiger partial charge on any atom is 0.251 e. The molecule has 2 aromatic rings. The van der Waals surface area contributed by atoms with Crippen molar-refractivity contribution in [2.24, 2.45) is 0 Å². The van der Waals surface area contributed by atoms with Crippen molar-refractivity contribution in [1.29, 1.82) is 0 Å². The molecule has 1 saturated carbocycles. The highest BCUT2D eigenvalue weighted by atomic mass is 16.5. The lowest BCUT2D eigenvalue weighted by molar-refractivity contribution is -0.116. The fourth-order valence-electron chi connectivity index (χ4n) is 4.70. The van der Waals surface area contributed by atoms with Crippen LogP contribution in [0.15, 0.2) is 42.5 Å². The predicted octanol–water partition coefficient (Wildman–Crippen LogP) is 4.76. The summed E-state index contributed by atoms with van der Waals surface area (Å²) >= 11 is 0. The van der Waals surface area contributed by atoms with E-state index in [0.717, 1.165) is 37.3 Å². The van der Waals surface area contributed by atoms with Crippen molar-refractivity contribution in [1.82, 2.24) is 5.32 Å². The molecule has 0 radical (unpaired) electrons. The van der Waals surface area contributed by atoms with Crippen molar-refractivity contribution in [2.45, 2.75) is 64.0 Å². The monoisotopic (exact) mass is 465 g/mol. The van der Waals surface area contributed by atoms with Gasteiger partial charge in [-0.2, -0.15) is 0 Å². The predicted molar refractivity (Wildman–Crippen MR) is 134 cm³/mol. The van der Waals surface area contributed by atoms with Gasteiger partial charge in [0, 0.05) is 42.5 Å². The quantitative estimate of drug-likeness (QED) is 0.558. The van der Waals surface area contributed by atoms with Crippen LogP contribution in [-0.4, -0.2) is 44.2 Å². The Labute approximate surface area is 201 Å². The van der Waals surface area contributed by atoms with Gasteiger partial charge in [0.05, 0.1) is 13.2 Å². The maximum atomic E-state index is 12.8. The van der Waals surface area contributed by atoms with Gasteiger partial charge < -0.3 is 25.0 Å².